The van der Waals surface area contributed by atoms with Crippen LogP contribution in [0.2, 0.25) is 0 Å². The molecule has 2 aromatic rings. The first kappa shape index (κ1) is 13.5. The normalized spacial score (nSPS) is 10.3. The van der Waals surface area contributed by atoms with Crippen LogP contribution >= 0.6 is 11.3 Å². The predicted octanol–water partition coefficient (Wildman–Crippen LogP) is 3.30. The molecule has 5 heteroatoms. The summed E-state index contributed by atoms with van der Waals surface area (Å²) in [5.74, 6) is -0.362. The average molecular weight is 277 g/mol. The number of rotatable bonds is 4. The Bertz CT molecular complexity index is 575. The predicted molar refractivity (Wildman–Crippen MR) is 74.8 cm³/mol. The Labute approximate surface area is 116 Å². The standard InChI is InChI=1S/C14H15NO3S/c1-4-18-13(16)12-11(15-14(17-3)19-12)10-7-5-9(2)6-8-10/h5-8H,4H2,1-3H3. The van der Waals surface area contributed by atoms with Crippen molar-refractivity contribution < 1.29 is 14.3 Å². The molecule has 4 nitrogen and oxygen atoms in total. The number of hydrogen-bond acceptors (Lipinski definition) is 5. The van der Waals surface area contributed by atoms with Crippen molar-refractivity contribution in [1.82, 2.24) is 4.98 Å². The van der Waals surface area contributed by atoms with Gasteiger partial charge in [0.1, 0.15) is 4.88 Å². The van der Waals surface area contributed by atoms with Gasteiger partial charge in [-0.2, -0.15) is 0 Å². The summed E-state index contributed by atoms with van der Waals surface area (Å²) in [6.45, 7) is 4.13. The van der Waals surface area contributed by atoms with Crippen LogP contribution in [-0.4, -0.2) is 24.7 Å². The summed E-state index contributed by atoms with van der Waals surface area (Å²) in [6, 6.07) is 7.84. The minimum absolute atomic E-state index is 0.340. The fraction of sp³-hybridized carbons (Fsp3) is 0.286. The van der Waals surface area contributed by atoms with Gasteiger partial charge >= 0.3 is 5.97 Å². The number of aryl methyl sites for hydroxylation is 1. The van der Waals surface area contributed by atoms with E-state index in [4.69, 9.17) is 9.47 Å². The third kappa shape index (κ3) is 2.93. The Morgan fingerprint density at radius 2 is 2.00 bits per heavy atom. The second kappa shape index (κ2) is 5.84. The fourth-order valence-corrected chi connectivity index (χ4v) is 2.43. The maximum absolute atomic E-state index is 11.9. The van der Waals surface area contributed by atoms with Gasteiger partial charge in [0.25, 0.3) is 5.19 Å². The van der Waals surface area contributed by atoms with Crippen LogP contribution < -0.4 is 4.74 Å². The first-order chi connectivity index (χ1) is 9.15. The topological polar surface area (TPSA) is 48.4 Å². The summed E-state index contributed by atoms with van der Waals surface area (Å²) in [4.78, 5) is 16.7. The van der Waals surface area contributed by atoms with Crippen LogP contribution in [0.25, 0.3) is 11.3 Å². The number of carbonyl (C=O) groups is 1. The van der Waals surface area contributed by atoms with Crippen LogP contribution in [-0.2, 0) is 4.74 Å². The van der Waals surface area contributed by atoms with E-state index in [9.17, 15) is 4.79 Å². The molecule has 0 fully saturated rings. The first-order valence-electron chi connectivity index (χ1n) is 5.94. The lowest BCUT2D eigenvalue weighted by atomic mass is 10.1. The lowest BCUT2D eigenvalue weighted by Gasteiger charge is -2.02. The highest BCUT2D eigenvalue weighted by atomic mass is 32.1. The molecule has 0 aliphatic rings. The van der Waals surface area contributed by atoms with E-state index in [0.29, 0.717) is 22.4 Å². The Balaban J connectivity index is 2.46. The summed E-state index contributed by atoms with van der Waals surface area (Å²) in [6.07, 6.45) is 0. The van der Waals surface area contributed by atoms with E-state index in [2.05, 4.69) is 4.98 Å². The van der Waals surface area contributed by atoms with Crippen LogP contribution in [0.15, 0.2) is 24.3 Å². The average Bonchev–Trinajstić information content (AvgIpc) is 2.84. The summed E-state index contributed by atoms with van der Waals surface area (Å²) < 4.78 is 10.2. The molecule has 2 rings (SSSR count). The number of thiazole rings is 1. The largest absolute Gasteiger partial charge is 0.473 e. The highest BCUT2D eigenvalue weighted by molar-refractivity contribution is 7.15. The van der Waals surface area contributed by atoms with E-state index in [1.165, 1.54) is 18.4 Å². The van der Waals surface area contributed by atoms with Gasteiger partial charge in [-0.3, -0.25) is 0 Å². The number of esters is 1. The maximum Gasteiger partial charge on any atom is 0.350 e. The molecule has 0 saturated heterocycles. The molecule has 0 unspecified atom stereocenters. The van der Waals surface area contributed by atoms with Crippen LogP contribution in [0.3, 0.4) is 0 Å². The van der Waals surface area contributed by atoms with E-state index in [-0.39, 0.29) is 5.97 Å². The molecule has 1 aromatic heterocycles. The Morgan fingerprint density at radius 1 is 1.32 bits per heavy atom. The Hall–Kier alpha value is -1.88. The van der Waals surface area contributed by atoms with E-state index in [1.807, 2.05) is 31.2 Å². The minimum Gasteiger partial charge on any atom is -0.473 e. The lowest BCUT2D eigenvalue weighted by Crippen LogP contribution is -2.03. The molecule has 0 amide bonds. The molecule has 0 saturated carbocycles. The number of nitrogens with zero attached hydrogens (tertiary/aromatic N) is 1. The third-order valence-corrected chi connectivity index (χ3v) is 3.56. The summed E-state index contributed by atoms with van der Waals surface area (Å²) in [5.41, 5.74) is 2.65. The van der Waals surface area contributed by atoms with Crippen molar-refractivity contribution in [3.63, 3.8) is 0 Å². The molecular formula is C14H15NO3S. The van der Waals surface area contributed by atoms with Crippen molar-refractivity contribution in [1.29, 1.82) is 0 Å². The van der Waals surface area contributed by atoms with Crippen molar-refractivity contribution in [3.8, 4) is 16.5 Å². The van der Waals surface area contributed by atoms with Crippen LogP contribution in [0.1, 0.15) is 22.2 Å². The molecule has 100 valence electrons. The summed E-state index contributed by atoms with van der Waals surface area (Å²) in [7, 11) is 1.53. The molecule has 0 aliphatic carbocycles. The highest BCUT2D eigenvalue weighted by Gasteiger charge is 2.20. The second-order valence-electron chi connectivity index (χ2n) is 3.95. The van der Waals surface area contributed by atoms with Crippen LogP contribution in [0, 0.1) is 6.92 Å². The smallest absolute Gasteiger partial charge is 0.350 e. The quantitative estimate of drug-likeness (QED) is 0.804. The molecule has 0 aliphatic heterocycles. The van der Waals surface area contributed by atoms with Crippen molar-refractivity contribution >= 4 is 17.3 Å². The van der Waals surface area contributed by atoms with E-state index in [1.54, 1.807) is 6.92 Å². The zero-order valence-corrected chi connectivity index (χ0v) is 11.9. The van der Waals surface area contributed by atoms with Gasteiger partial charge in [-0.15, -0.1) is 0 Å². The number of methoxy groups -OCH3 is 1. The maximum atomic E-state index is 11.9. The van der Waals surface area contributed by atoms with E-state index >= 15 is 0 Å². The molecule has 19 heavy (non-hydrogen) atoms. The molecule has 0 radical (unpaired) electrons. The minimum atomic E-state index is -0.362. The van der Waals surface area contributed by atoms with Crippen LogP contribution in [0.5, 0.6) is 5.19 Å². The van der Waals surface area contributed by atoms with Gasteiger partial charge in [-0.1, -0.05) is 41.2 Å². The van der Waals surface area contributed by atoms with Gasteiger partial charge < -0.3 is 9.47 Å². The van der Waals surface area contributed by atoms with Crippen molar-refractivity contribution in [3.05, 3.63) is 34.7 Å². The first-order valence-corrected chi connectivity index (χ1v) is 6.76. The monoisotopic (exact) mass is 277 g/mol. The van der Waals surface area contributed by atoms with Gasteiger partial charge in [-0.05, 0) is 13.8 Å². The molecule has 0 bridgehead atoms. The van der Waals surface area contributed by atoms with Gasteiger partial charge in [0.05, 0.1) is 19.4 Å². The van der Waals surface area contributed by atoms with Gasteiger partial charge in [-0.25, -0.2) is 9.78 Å². The zero-order valence-electron chi connectivity index (χ0n) is 11.1. The third-order valence-electron chi connectivity index (χ3n) is 2.57. The highest BCUT2D eigenvalue weighted by Crippen LogP contribution is 2.33. The fourth-order valence-electron chi connectivity index (χ4n) is 1.63. The lowest BCUT2D eigenvalue weighted by molar-refractivity contribution is 0.0532. The van der Waals surface area contributed by atoms with Crippen molar-refractivity contribution in [2.45, 2.75) is 13.8 Å². The number of aromatic nitrogens is 1. The zero-order chi connectivity index (χ0) is 13.8. The molecule has 1 heterocycles. The number of carbonyl (C=O) groups excluding carboxylic acids is 1. The van der Waals surface area contributed by atoms with Crippen LogP contribution in [0.4, 0.5) is 0 Å². The summed E-state index contributed by atoms with van der Waals surface area (Å²) >= 11 is 1.20. The number of hydrogen-bond donors (Lipinski definition) is 0. The molecule has 1 aromatic carbocycles. The summed E-state index contributed by atoms with van der Waals surface area (Å²) in [5, 5.41) is 0.457. The second-order valence-corrected chi connectivity index (χ2v) is 4.91. The van der Waals surface area contributed by atoms with Gasteiger partial charge in [0, 0.05) is 5.56 Å². The van der Waals surface area contributed by atoms with E-state index in [0.717, 1.165) is 11.1 Å². The van der Waals surface area contributed by atoms with Gasteiger partial charge in [0.2, 0.25) is 0 Å². The molecule has 0 atom stereocenters. The SMILES string of the molecule is CCOC(=O)c1sc(OC)nc1-c1ccc(C)cc1. The van der Waals surface area contributed by atoms with Gasteiger partial charge in [0.15, 0.2) is 0 Å². The number of benzene rings is 1. The van der Waals surface area contributed by atoms with Crippen molar-refractivity contribution in [2.75, 3.05) is 13.7 Å². The molecule has 0 N–H and O–H groups in total. The Morgan fingerprint density at radius 3 is 2.58 bits per heavy atom. The number of ether oxygens (including phenoxy) is 2. The molecular weight excluding hydrogens is 262 g/mol. The van der Waals surface area contributed by atoms with E-state index < -0.39 is 0 Å². The Kier molecular flexibility index (Phi) is 4.16. The molecule has 0 spiro atoms. The van der Waals surface area contributed by atoms with Crippen molar-refractivity contribution in [2.24, 2.45) is 0 Å².